The van der Waals surface area contributed by atoms with Crippen LogP contribution in [0, 0.1) is 0 Å². The number of ether oxygens (including phenoxy) is 1. The largest absolute Gasteiger partial charge is 0.398 e. The maximum absolute atomic E-state index is 11.6. The molecular weight excluding hydrogens is 216 g/mol. The van der Waals surface area contributed by atoms with Crippen molar-refractivity contribution in [1.82, 2.24) is 5.32 Å². The van der Waals surface area contributed by atoms with Gasteiger partial charge in [-0.2, -0.15) is 0 Å². The standard InChI is InChI=1S/C13H20N2O2/c1-10(2)17-8-7-15-13(16)9-11-5-3-4-6-12(11)14/h3-6,10H,7-9,14H2,1-2H3,(H,15,16). The molecule has 1 amide bonds. The molecule has 0 bridgehead atoms. The Morgan fingerprint density at radius 3 is 2.76 bits per heavy atom. The molecule has 0 spiro atoms. The number of benzene rings is 1. The molecule has 0 atom stereocenters. The maximum Gasteiger partial charge on any atom is 0.224 e. The summed E-state index contributed by atoms with van der Waals surface area (Å²) in [5.74, 6) is -0.0322. The third-order valence-corrected chi connectivity index (χ3v) is 2.28. The van der Waals surface area contributed by atoms with Gasteiger partial charge >= 0.3 is 0 Å². The van der Waals surface area contributed by atoms with Gasteiger partial charge in [0.25, 0.3) is 0 Å². The summed E-state index contributed by atoms with van der Waals surface area (Å²) in [6.45, 7) is 5.00. The van der Waals surface area contributed by atoms with Crippen LogP contribution >= 0.6 is 0 Å². The van der Waals surface area contributed by atoms with Crippen molar-refractivity contribution in [2.24, 2.45) is 0 Å². The van der Waals surface area contributed by atoms with Gasteiger partial charge in [0.1, 0.15) is 0 Å². The van der Waals surface area contributed by atoms with Crippen LogP contribution in [0.5, 0.6) is 0 Å². The molecule has 0 saturated carbocycles. The predicted octanol–water partition coefficient (Wildman–Crippen LogP) is 1.35. The lowest BCUT2D eigenvalue weighted by molar-refractivity contribution is -0.120. The van der Waals surface area contributed by atoms with Gasteiger partial charge in [-0.15, -0.1) is 0 Å². The molecule has 1 aromatic carbocycles. The first-order valence-electron chi connectivity index (χ1n) is 5.81. The molecule has 0 saturated heterocycles. The van der Waals surface area contributed by atoms with E-state index in [2.05, 4.69) is 5.32 Å². The molecule has 0 radical (unpaired) electrons. The van der Waals surface area contributed by atoms with Crippen LogP contribution in [-0.4, -0.2) is 25.2 Å². The van der Waals surface area contributed by atoms with E-state index in [1.54, 1.807) is 6.07 Å². The van der Waals surface area contributed by atoms with E-state index in [-0.39, 0.29) is 12.0 Å². The molecule has 94 valence electrons. The van der Waals surface area contributed by atoms with Crippen molar-refractivity contribution in [2.45, 2.75) is 26.4 Å². The minimum atomic E-state index is -0.0322. The van der Waals surface area contributed by atoms with Crippen molar-refractivity contribution in [3.05, 3.63) is 29.8 Å². The van der Waals surface area contributed by atoms with Crippen molar-refractivity contribution in [3.63, 3.8) is 0 Å². The average molecular weight is 236 g/mol. The van der Waals surface area contributed by atoms with E-state index in [9.17, 15) is 4.79 Å². The molecule has 0 aliphatic carbocycles. The van der Waals surface area contributed by atoms with Crippen molar-refractivity contribution in [3.8, 4) is 0 Å². The van der Waals surface area contributed by atoms with Crippen molar-refractivity contribution in [2.75, 3.05) is 18.9 Å². The molecule has 17 heavy (non-hydrogen) atoms. The van der Waals surface area contributed by atoms with Gasteiger partial charge in [-0.1, -0.05) is 18.2 Å². The maximum atomic E-state index is 11.6. The lowest BCUT2D eigenvalue weighted by atomic mass is 10.1. The van der Waals surface area contributed by atoms with E-state index in [4.69, 9.17) is 10.5 Å². The van der Waals surface area contributed by atoms with Crippen molar-refractivity contribution in [1.29, 1.82) is 0 Å². The predicted molar refractivity (Wildman–Crippen MR) is 68.7 cm³/mol. The molecule has 1 rings (SSSR count). The van der Waals surface area contributed by atoms with Crippen LogP contribution in [0.25, 0.3) is 0 Å². The van der Waals surface area contributed by atoms with E-state index in [1.165, 1.54) is 0 Å². The zero-order valence-corrected chi connectivity index (χ0v) is 10.4. The van der Waals surface area contributed by atoms with Crippen LogP contribution in [0.2, 0.25) is 0 Å². The van der Waals surface area contributed by atoms with Crippen molar-refractivity contribution >= 4 is 11.6 Å². The smallest absolute Gasteiger partial charge is 0.224 e. The van der Waals surface area contributed by atoms with Gasteiger partial charge < -0.3 is 15.8 Å². The molecular formula is C13H20N2O2. The van der Waals surface area contributed by atoms with Gasteiger partial charge in [-0.05, 0) is 25.5 Å². The molecule has 0 aliphatic heterocycles. The SMILES string of the molecule is CC(C)OCCNC(=O)Cc1ccccc1N. The second-order valence-electron chi connectivity index (χ2n) is 4.15. The first-order valence-corrected chi connectivity index (χ1v) is 5.81. The summed E-state index contributed by atoms with van der Waals surface area (Å²) in [5, 5.41) is 2.79. The lowest BCUT2D eigenvalue weighted by Gasteiger charge is -2.09. The summed E-state index contributed by atoms with van der Waals surface area (Å²) in [5.41, 5.74) is 7.27. The van der Waals surface area contributed by atoms with Gasteiger partial charge in [-0.3, -0.25) is 4.79 Å². The highest BCUT2D eigenvalue weighted by molar-refractivity contribution is 5.80. The summed E-state index contributed by atoms with van der Waals surface area (Å²) < 4.78 is 5.33. The summed E-state index contributed by atoms with van der Waals surface area (Å²) in [7, 11) is 0. The van der Waals surface area contributed by atoms with E-state index < -0.39 is 0 Å². The number of anilines is 1. The highest BCUT2D eigenvalue weighted by atomic mass is 16.5. The van der Waals surface area contributed by atoms with Crippen molar-refractivity contribution < 1.29 is 9.53 Å². The highest BCUT2D eigenvalue weighted by Crippen LogP contribution is 2.10. The molecule has 4 nitrogen and oxygen atoms in total. The van der Waals surface area contributed by atoms with Gasteiger partial charge in [0, 0.05) is 12.2 Å². The fraction of sp³-hybridized carbons (Fsp3) is 0.462. The Morgan fingerprint density at radius 1 is 1.41 bits per heavy atom. The second kappa shape index (κ2) is 6.91. The number of hydrogen-bond donors (Lipinski definition) is 2. The molecule has 0 aliphatic rings. The Kier molecular flexibility index (Phi) is 5.49. The first kappa shape index (κ1) is 13.5. The summed E-state index contributed by atoms with van der Waals surface area (Å²) in [6, 6.07) is 7.39. The number of nitrogen functional groups attached to an aromatic ring is 1. The van der Waals surface area contributed by atoms with Crippen LogP contribution in [0.4, 0.5) is 5.69 Å². The number of amides is 1. The fourth-order valence-electron chi connectivity index (χ4n) is 1.42. The number of hydrogen-bond acceptors (Lipinski definition) is 3. The quantitative estimate of drug-likeness (QED) is 0.579. The minimum absolute atomic E-state index is 0.0322. The number of para-hydroxylation sites is 1. The number of nitrogens with one attached hydrogen (secondary N) is 1. The Labute approximate surface area is 102 Å². The van der Waals surface area contributed by atoms with E-state index >= 15 is 0 Å². The zero-order valence-electron chi connectivity index (χ0n) is 10.4. The van der Waals surface area contributed by atoms with E-state index in [0.717, 1.165) is 5.56 Å². The fourth-order valence-corrected chi connectivity index (χ4v) is 1.42. The monoisotopic (exact) mass is 236 g/mol. The number of rotatable bonds is 6. The highest BCUT2D eigenvalue weighted by Gasteiger charge is 2.05. The van der Waals surface area contributed by atoms with Gasteiger partial charge in [-0.25, -0.2) is 0 Å². The molecule has 4 heteroatoms. The topological polar surface area (TPSA) is 64.3 Å². The summed E-state index contributed by atoms with van der Waals surface area (Å²) in [6.07, 6.45) is 0.505. The number of carbonyl (C=O) groups is 1. The number of nitrogens with two attached hydrogens (primary N) is 1. The van der Waals surface area contributed by atoms with Crippen LogP contribution in [0.3, 0.4) is 0 Å². The Bertz CT molecular complexity index is 364. The average Bonchev–Trinajstić information content (AvgIpc) is 2.27. The molecule has 1 aromatic rings. The Balaban J connectivity index is 2.28. The van der Waals surface area contributed by atoms with Crippen LogP contribution in [0.15, 0.2) is 24.3 Å². The molecule has 0 aromatic heterocycles. The van der Waals surface area contributed by atoms with Crippen LogP contribution in [-0.2, 0) is 16.0 Å². The molecule has 3 N–H and O–H groups in total. The first-order chi connectivity index (χ1) is 8.09. The van der Waals surface area contributed by atoms with Crippen LogP contribution in [0.1, 0.15) is 19.4 Å². The molecule has 0 fully saturated rings. The van der Waals surface area contributed by atoms with Crippen LogP contribution < -0.4 is 11.1 Å². The Hall–Kier alpha value is -1.55. The zero-order chi connectivity index (χ0) is 12.7. The van der Waals surface area contributed by atoms with Gasteiger partial charge in [0.05, 0.1) is 19.1 Å². The van der Waals surface area contributed by atoms with E-state index in [0.29, 0.717) is 25.3 Å². The summed E-state index contributed by atoms with van der Waals surface area (Å²) >= 11 is 0. The second-order valence-corrected chi connectivity index (χ2v) is 4.15. The normalized spacial score (nSPS) is 10.5. The third-order valence-electron chi connectivity index (χ3n) is 2.28. The third kappa shape index (κ3) is 5.36. The van der Waals surface area contributed by atoms with Gasteiger partial charge in [0.2, 0.25) is 5.91 Å². The summed E-state index contributed by atoms with van der Waals surface area (Å²) in [4.78, 5) is 11.6. The molecule has 0 heterocycles. The Morgan fingerprint density at radius 2 is 2.12 bits per heavy atom. The molecule has 0 unspecified atom stereocenters. The van der Waals surface area contributed by atoms with Gasteiger partial charge in [0.15, 0.2) is 0 Å². The van der Waals surface area contributed by atoms with E-state index in [1.807, 2.05) is 32.0 Å². The minimum Gasteiger partial charge on any atom is -0.398 e. The lowest BCUT2D eigenvalue weighted by Crippen LogP contribution is -2.29. The number of carbonyl (C=O) groups excluding carboxylic acids is 1.